The first-order valence-corrected chi connectivity index (χ1v) is 9.75. The van der Waals surface area contributed by atoms with Crippen molar-refractivity contribution in [2.45, 2.75) is 18.6 Å². The van der Waals surface area contributed by atoms with Gasteiger partial charge in [-0.3, -0.25) is 19.5 Å². The standard InChI is InChI=1S/C20H19N5O3S/c1-3-11-24-19(15-7-5-4-6-8-15)22-23-20(24)29-13-18(26)21-17-10-9-16(25(27)28)12-14(17)2/h3-10,12H,1,11,13H2,2H3,(H,21,26). The molecule has 0 atom stereocenters. The second-order valence-electron chi connectivity index (χ2n) is 6.16. The molecule has 1 amide bonds. The number of aromatic nitrogens is 3. The minimum Gasteiger partial charge on any atom is -0.325 e. The normalized spacial score (nSPS) is 10.5. The summed E-state index contributed by atoms with van der Waals surface area (Å²) in [7, 11) is 0. The van der Waals surface area contributed by atoms with Crippen LogP contribution in [0.2, 0.25) is 0 Å². The predicted molar refractivity (Wildman–Crippen MR) is 113 cm³/mol. The van der Waals surface area contributed by atoms with E-state index in [9.17, 15) is 14.9 Å². The van der Waals surface area contributed by atoms with Gasteiger partial charge >= 0.3 is 0 Å². The number of allylic oxidation sites excluding steroid dienone is 1. The van der Waals surface area contributed by atoms with E-state index in [2.05, 4.69) is 22.1 Å². The van der Waals surface area contributed by atoms with Crippen LogP contribution < -0.4 is 5.32 Å². The second-order valence-corrected chi connectivity index (χ2v) is 7.11. The monoisotopic (exact) mass is 409 g/mol. The number of anilines is 1. The number of carbonyl (C=O) groups excluding carboxylic acids is 1. The summed E-state index contributed by atoms with van der Waals surface area (Å²) >= 11 is 1.27. The summed E-state index contributed by atoms with van der Waals surface area (Å²) in [6.45, 7) is 6.01. The fourth-order valence-electron chi connectivity index (χ4n) is 2.71. The molecule has 148 valence electrons. The molecule has 29 heavy (non-hydrogen) atoms. The Labute approximate surface area is 171 Å². The highest BCUT2D eigenvalue weighted by Crippen LogP contribution is 2.25. The van der Waals surface area contributed by atoms with Gasteiger partial charge in [-0.05, 0) is 18.6 Å². The molecule has 9 heteroatoms. The van der Waals surface area contributed by atoms with Crippen molar-refractivity contribution in [3.63, 3.8) is 0 Å². The van der Waals surface area contributed by atoms with E-state index in [0.29, 0.717) is 28.8 Å². The van der Waals surface area contributed by atoms with Crippen LogP contribution in [0, 0.1) is 17.0 Å². The van der Waals surface area contributed by atoms with Crippen LogP contribution in [0.25, 0.3) is 11.4 Å². The molecule has 2 aromatic carbocycles. The molecule has 1 N–H and O–H groups in total. The third-order valence-electron chi connectivity index (χ3n) is 4.09. The Morgan fingerprint density at radius 3 is 2.69 bits per heavy atom. The van der Waals surface area contributed by atoms with E-state index in [4.69, 9.17) is 0 Å². The number of non-ortho nitro benzene ring substituents is 1. The quantitative estimate of drug-likeness (QED) is 0.260. The van der Waals surface area contributed by atoms with E-state index in [-0.39, 0.29) is 17.3 Å². The zero-order valence-corrected chi connectivity index (χ0v) is 16.6. The zero-order valence-electron chi connectivity index (χ0n) is 15.7. The molecule has 0 spiro atoms. The van der Waals surface area contributed by atoms with Crippen molar-refractivity contribution in [2.24, 2.45) is 0 Å². The Morgan fingerprint density at radius 2 is 2.03 bits per heavy atom. The Bertz CT molecular complexity index is 1050. The molecule has 1 heterocycles. The Morgan fingerprint density at radius 1 is 1.28 bits per heavy atom. The van der Waals surface area contributed by atoms with Crippen LogP contribution in [0.5, 0.6) is 0 Å². The highest BCUT2D eigenvalue weighted by atomic mass is 32.2. The molecule has 0 fully saturated rings. The van der Waals surface area contributed by atoms with Gasteiger partial charge in [0.2, 0.25) is 5.91 Å². The highest BCUT2D eigenvalue weighted by Gasteiger charge is 2.15. The average molecular weight is 409 g/mol. The number of hydrogen-bond donors (Lipinski definition) is 1. The topological polar surface area (TPSA) is 103 Å². The molecule has 3 rings (SSSR count). The van der Waals surface area contributed by atoms with E-state index >= 15 is 0 Å². The number of hydrogen-bond acceptors (Lipinski definition) is 6. The number of nitro benzene ring substituents is 1. The van der Waals surface area contributed by atoms with Gasteiger partial charge in [-0.25, -0.2) is 0 Å². The summed E-state index contributed by atoms with van der Waals surface area (Å²) in [5.74, 6) is 0.599. The van der Waals surface area contributed by atoms with E-state index < -0.39 is 4.92 Å². The van der Waals surface area contributed by atoms with Gasteiger partial charge in [0.1, 0.15) is 0 Å². The fraction of sp³-hybridized carbons (Fsp3) is 0.150. The van der Waals surface area contributed by atoms with Crippen molar-refractivity contribution in [3.05, 3.63) is 76.9 Å². The maximum Gasteiger partial charge on any atom is 0.269 e. The number of thioether (sulfide) groups is 1. The average Bonchev–Trinajstić information content (AvgIpc) is 3.11. The lowest BCUT2D eigenvalue weighted by Crippen LogP contribution is -2.15. The third kappa shape index (κ3) is 4.88. The largest absolute Gasteiger partial charge is 0.325 e. The first-order chi connectivity index (χ1) is 14.0. The van der Waals surface area contributed by atoms with Crippen molar-refractivity contribution in [3.8, 4) is 11.4 Å². The minimum absolute atomic E-state index is 0.0131. The first kappa shape index (κ1) is 20.3. The number of carbonyl (C=O) groups is 1. The summed E-state index contributed by atoms with van der Waals surface area (Å²) in [4.78, 5) is 22.7. The van der Waals surface area contributed by atoms with E-state index in [1.165, 1.54) is 30.0 Å². The summed E-state index contributed by atoms with van der Waals surface area (Å²) in [5, 5.41) is 22.7. The van der Waals surface area contributed by atoms with Crippen LogP contribution >= 0.6 is 11.8 Å². The van der Waals surface area contributed by atoms with E-state index in [0.717, 1.165) is 5.56 Å². The van der Waals surface area contributed by atoms with Crippen molar-refractivity contribution in [1.29, 1.82) is 0 Å². The number of nitrogens with one attached hydrogen (secondary N) is 1. The molecule has 0 saturated carbocycles. The van der Waals surface area contributed by atoms with E-state index in [1.807, 2.05) is 34.9 Å². The SMILES string of the molecule is C=CCn1c(SCC(=O)Nc2ccc([N+](=O)[O-])cc2C)nnc1-c1ccccc1. The van der Waals surface area contributed by atoms with Crippen molar-refractivity contribution in [2.75, 3.05) is 11.1 Å². The Kier molecular flexibility index (Phi) is 6.40. The second kappa shape index (κ2) is 9.16. The van der Waals surface area contributed by atoms with Gasteiger partial charge in [0.15, 0.2) is 11.0 Å². The molecule has 0 aliphatic rings. The number of amides is 1. The highest BCUT2D eigenvalue weighted by molar-refractivity contribution is 7.99. The van der Waals surface area contributed by atoms with Crippen molar-refractivity contribution < 1.29 is 9.72 Å². The van der Waals surface area contributed by atoms with Gasteiger partial charge in [-0.15, -0.1) is 16.8 Å². The molecule has 0 radical (unpaired) electrons. The number of rotatable bonds is 8. The molecule has 0 aliphatic heterocycles. The third-order valence-corrected chi connectivity index (χ3v) is 5.05. The number of nitrogens with zero attached hydrogens (tertiary/aromatic N) is 4. The fourth-order valence-corrected chi connectivity index (χ4v) is 3.46. The van der Waals surface area contributed by atoms with Crippen LogP contribution in [0.15, 0.2) is 66.3 Å². The summed E-state index contributed by atoms with van der Waals surface area (Å²) in [6.07, 6.45) is 1.75. The summed E-state index contributed by atoms with van der Waals surface area (Å²) in [6, 6.07) is 14.0. The maximum atomic E-state index is 12.4. The molecule has 8 nitrogen and oxygen atoms in total. The Hall–Kier alpha value is -3.46. The van der Waals surface area contributed by atoms with Gasteiger partial charge in [0.05, 0.1) is 10.7 Å². The molecule has 0 saturated heterocycles. The van der Waals surface area contributed by atoms with Crippen molar-refractivity contribution >= 4 is 29.0 Å². The maximum absolute atomic E-state index is 12.4. The molecule has 0 bridgehead atoms. The smallest absolute Gasteiger partial charge is 0.269 e. The molecule has 1 aromatic heterocycles. The lowest BCUT2D eigenvalue weighted by atomic mass is 10.2. The zero-order chi connectivity index (χ0) is 20.8. The lowest BCUT2D eigenvalue weighted by molar-refractivity contribution is -0.384. The van der Waals surface area contributed by atoms with Crippen molar-refractivity contribution in [1.82, 2.24) is 14.8 Å². The van der Waals surface area contributed by atoms with Gasteiger partial charge in [-0.1, -0.05) is 48.2 Å². The molecule has 0 aliphatic carbocycles. The van der Waals surface area contributed by atoms with Gasteiger partial charge in [0, 0.05) is 29.9 Å². The van der Waals surface area contributed by atoms with Gasteiger partial charge in [-0.2, -0.15) is 0 Å². The Balaban J connectivity index is 1.70. The number of nitro groups is 1. The molecular formula is C20H19N5O3S. The predicted octanol–water partition coefficient (Wildman–Crippen LogP) is 4.08. The van der Waals surface area contributed by atoms with Crippen LogP contribution in [0.1, 0.15) is 5.56 Å². The molecule has 3 aromatic rings. The number of aryl methyl sites for hydroxylation is 1. The van der Waals surface area contributed by atoms with Gasteiger partial charge in [0.25, 0.3) is 5.69 Å². The molecule has 0 unspecified atom stereocenters. The summed E-state index contributed by atoms with van der Waals surface area (Å²) < 4.78 is 1.90. The van der Waals surface area contributed by atoms with Crippen LogP contribution in [0.3, 0.4) is 0 Å². The van der Waals surface area contributed by atoms with Crippen LogP contribution in [-0.4, -0.2) is 31.3 Å². The molecular weight excluding hydrogens is 390 g/mol. The van der Waals surface area contributed by atoms with Gasteiger partial charge < -0.3 is 5.32 Å². The van der Waals surface area contributed by atoms with Crippen LogP contribution in [0.4, 0.5) is 11.4 Å². The minimum atomic E-state index is -0.467. The van der Waals surface area contributed by atoms with Crippen LogP contribution in [-0.2, 0) is 11.3 Å². The lowest BCUT2D eigenvalue weighted by Gasteiger charge is -2.09. The van der Waals surface area contributed by atoms with E-state index in [1.54, 1.807) is 13.0 Å². The summed E-state index contributed by atoms with van der Waals surface area (Å²) in [5.41, 5.74) is 2.08. The first-order valence-electron chi connectivity index (χ1n) is 8.77. The number of benzene rings is 2.